The highest BCUT2D eigenvalue weighted by atomic mass is 19.1. The SMILES string of the molecule is CCC[C@@H](Nc1nc(N)c(C(N)=O)cc1F)[C@H](C)N. The maximum Gasteiger partial charge on any atom is 0.252 e. The number of nitrogens with zero attached hydrogens (tertiary/aromatic N) is 1. The van der Waals surface area contributed by atoms with Gasteiger partial charge in [0.15, 0.2) is 11.6 Å². The number of hydrogen-bond donors (Lipinski definition) is 4. The first-order chi connectivity index (χ1) is 8.86. The van der Waals surface area contributed by atoms with E-state index in [-0.39, 0.29) is 29.3 Å². The molecule has 1 aromatic heterocycles. The molecule has 1 heterocycles. The molecule has 2 atom stereocenters. The Labute approximate surface area is 111 Å². The van der Waals surface area contributed by atoms with E-state index in [0.29, 0.717) is 0 Å². The Morgan fingerprint density at radius 3 is 2.68 bits per heavy atom. The van der Waals surface area contributed by atoms with E-state index in [9.17, 15) is 9.18 Å². The van der Waals surface area contributed by atoms with E-state index < -0.39 is 11.7 Å². The zero-order valence-corrected chi connectivity index (χ0v) is 11.1. The molecule has 0 aromatic carbocycles. The van der Waals surface area contributed by atoms with Crippen molar-refractivity contribution in [1.82, 2.24) is 4.98 Å². The molecule has 1 rings (SSSR count). The first-order valence-electron chi connectivity index (χ1n) is 6.14. The number of carbonyl (C=O) groups excluding carboxylic acids is 1. The van der Waals surface area contributed by atoms with E-state index in [4.69, 9.17) is 17.2 Å². The summed E-state index contributed by atoms with van der Waals surface area (Å²) in [5.74, 6) is -1.60. The first-order valence-corrected chi connectivity index (χ1v) is 6.14. The van der Waals surface area contributed by atoms with E-state index in [2.05, 4.69) is 10.3 Å². The van der Waals surface area contributed by atoms with Crippen molar-refractivity contribution in [2.45, 2.75) is 38.8 Å². The summed E-state index contributed by atoms with van der Waals surface area (Å²) in [6.07, 6.45) is 1.67. The van der Waals surface area contributed by atoms with E-state index in [1.807, 2.05) is 13.8 Å². The molecular weight excluding hydrogens is 249 g/mol. The largest absolute Gasteiger partial charge is 0.383 e. The number of aromatic nitrogens is 1. The second kappa shape index (κ2) is 6.33. The van der Waals surface area contributed by atoms with Crippen LogP contribution in [0.15, 0.2) is 6.07 Å². The lowest BCUT2D eigenvalue weighted by atomic mass is 10.1. The van der Waals surface area contributed by atoms with Crippen LogP contribution in [0.5, 0.6) is 0 Å². The predicted octanol–water partition coefficient (Wildman–Crippen LogP) is 0.830. The molecule has 0 saturated heterocycles. The topological polar surface area (TPSA) is 120 Å². The van der Waals surface area contributed by atoms with Gasteiger partial charge in [0, 0.05) is 12.1 Å². The fourth-order valence-electron chi connectivity index (χ4n) is 1.75. The smallest absolute Gasteiger partial charge is 0.252 e. The number of amides is 1. The molecule has 0 aliphatic rings. The van der Waals surface area contributed by atoms with Crippen molar-refractivity contribution in [2.24, 2.45) is 11.5 Å². The monoisotopic (exact) mass is 269 g/mol. The van der Waals surface area contributed by atoms with Crippen molar-refractivity contribution in [3.05, 3.63) is 17.4 Å². The van der Waals surface area contributed by atoms with Crippen LogP contribution in [0.4, 0.5) is 16.0 Å². The summed E-state index contributed by atoms with van der Waals surface area (Å²) in [6, 6.07) is 0.695. The summed E-state index contributed by atoms with van der Waals surface area (Å²) in [4.78, 5) is 14.8. The fourth-order valence-corrected chi connectivity index (χ4v) is 1.75. The molecule has 0 radical (unpaired) electrons. The third kappa shape index (κ3) is 3.78. The lowest BCUT2D eigenvalue weighted by molar-refractivity contribution is 0.100. The van der Waals surface area contributed by atoms with Crippen LogP contribution in [0.3, 0.4) is 0 Å². The van der Waals surface area contributed by atoms with Gasteiger partial charge in [-0.05, 0) is 19.4 Å². The molecule has 0 aliphatic heterocycles. The normalized spacial score (nSPS) is 13.9. The molecule has 0 aliphatic carbocycles. The summed E-state index contributed by atoms with van der Waals surface area (Å²) in [7, 11) is 0. The average Bonchev–Trinajstić information content (AvgIpc) is 2.32. The number of carbonyl (C=O) groups is 1. The van der Waals surface area contributed by atoms with Gasteiger partial charge in [0.2, 0.25) is 0 Å². The standard InChI is InChI=1S/C12H20FN5O/c1-3-4-9(6(2)14)17-12-8(13)5-7(11(16)19)10(15)18-12/h5-6,9H,3-4,14H2,1-2H3,(H2,16,19)(H3,15,17,18)/t6-,9+/m0/s1. The molecule has 7 N–H and O–H groups in total. The van der Waals surface area contributed by atoms with Crippen molar-refractivity contribution >= 4 is 17.5 Å². The summed E-state index contributed by atoms with van der Waals surface area (Å²) in [5, 5.41) is 2.91. The number of hydrogen-bond acceptors (Lipinski definition) is 5. The van der Waals surface area contributed by atoms with Crippen LogP contribution in [-0.4, -0.2) is 23.0 Å². The third-order valence-electron chi connectivity index (χ3n) is 2.83. The Balaban J connectivity index is 3.01. The number of rotatable bonds is 6. The Kier molecular flexibility index (Phi) is 5.05. The van der Waals surface area contributed by atoms with Crippen LogP contribution in [0.2, 0.25) is 0 Å². The molecule has 0 spiro atoms. The van der Waals surface area contributed by atoms with Crippen molar-refractivity contribution < 1.29 is 9.18 Å². The van der Waals surface area contributed by atoms with Crippen LogP contribution in [0, 0.1) is 5.82 Å². The van der Waals surface area contributed by atoms with E-state index in [0.717, 1.165) is 18.9 Å². The van der Waals surface area contributed by atoms with Gasteiger partial charge in [-0.15, -0.1) is 0 Å². The lowest BCUT2D eigenvalue weighted by Gasteiger charge is -2.22. The van der Waals surface area contributed by atoms with Gasteiger partial charge in [-0.2, -0.15) is 0 Å². The van der Waals surface area contributed by atoms with E-state index in [1.165, 1.54) is 0 Å². The van der Waals surface area contributed by atoms with Crippen LogP contribution in [0.1, 0.15) is 37.0 Å². The number of pyridine rings is 1. The molecule has 1 aromatic rings. The third-order valence-corrected chi connectivity index (χ3v) is 2.83. The highest BCUT2D eigenvalue weighted by Crippen LogP contribution is 2.19. The Hall–Kier alpha value is -1.89. The first kappa shape index (κ1) is 15.2. The van der Waals surface area contributed by atoms with Crippen molar-refractivity contribution in [3.8, 4) is 0 Å². The lowest BCUT2D eigenvalue weighted by Crippen LogP contribution is -2.38. The molecule has 1 amide bonds. The minimum absolute atomic E-state index is 0.0155. The Morgan fingerprint density at radius 1 is 1.58 bits per heavy atom. The minimum atomic E-state index is -0.812. The molecule has 7 heteroatoms. The van der Waals surface area contributed by atoms with Crippen molar-refractivity contribution in [1.29, 1.82) is 0 Å². The summed E-state index contributed by atoms with van der Waals surface area (Å²) < 4.78 is 13.8. The summed E-state index contributed by atoms with van der Waals surface area (Å²) in [5.41, 5.74) is 16.3. The molecule has 106 valence electrons. The maximum absolute atomic E-state index is 13.8. The number of nitrogens with two attached hydrogens (primary N) is 3. The average molecular weight is 269 g/mol. The summed E-state index contributed by atoms with van der Waals surface area (Å²) >= 11 is 0. The van der Waals surface area contributed by atoms with Crippen LogP contribution >= 0.6 is 0 Å². The quantitative estimate of drug-likeness (QED) is 0.609. The van der Waals surface area contributed by atoms with Crippen LogP contribution in [0.25, 0.3) is 0 Å². The highest BCUT2D eigenvalue weighted by Gasteiger charge is 2.18. The fraction of sp³-hybridized carbons (Fsp3) is 0.500. The van der Waals surface area contributed by atoms with Crippen molar-refractivity contribution in [3.63, 3.8) is 0 Å². The minimum Gasteiger partial charge on any atom is -0.383 e. The zero-order chi connectivity index (χ0) is 14.6. The van der Waals surface area contributed by atoms with Gasteiger partial charge < -0.3 is 22.5 Å². The molecule has 0 fully saturated rings. The molecule has 0 saturated carbocycles. The van der Waals surface area contributed by atoms with Gasteiger partial charge in [0.25, 0.3) is 5.91 Å². The molecule has 19 heavy (non-hydrogen) atoms. The van der Waals surface area contributed by atoms with Gasteiger partial charge in [-0.3, -0.25) is 4.79 Å². The second-order valence-corrected chi connectivity index (χ2v) is 4.51. The summed E-state index contributed by atoms with van der Waals surface area (Å²) in [6.45, 7) is 3.83. The number of anilines is 2. The molecular formula is C12H20FN5O. The number of primary amides is 1. The molecule has 6 nitrogen and oxygen atoms in total. The van der Waals surface area contributed by atoms with Gasteiger partial charge in [0.05, 0.1) is 5.56 Å². The van der Waals surface area contributed by atoms with E-state index >= 15 is 0 Å². The molecule has 0 bridgehead atoms. The van der Waals surface area contributed by atoms with Gasteiger partial charge in [-0.1, -0.05) is 13.3 Å². The van der Waals surface area contributed by atoms with Gasteiger partial charge in [0.1, 0.15) is 5.82 Å². The van der Waals surface area contributed by atoms with Crippen LogP contribution < -0.4 is 22.5 Å². The number of nitrogens with one attached hydrogen (secondary N) is 1. The number of halogens is 1. The number of nitrogen functional groups attached to an aromatic ring is 1. The van der Waals surface area contributed by atoms with Gasteiger partial charge in [-0.25, -0.2) is 9.37 Å². The van der Waals surface area contributed by atoms with E-state index in [1.54, 1.807) is 0 Å². The Bertz CT molecular complexity index is 464. The maximum atomic E-state index is 13.8. The van der Waals surface area contributed by atoms with Gasteiger partial charge >= 0.3 is 0 Å². The zero-order valence-electron chi connectivity index (χ0n) is 11.1. The van der Waals surface area contributed by atoms with Crippen molar-refractivity contribution in [2.75, 3.05) is 11.1 Å². The highest BCUT2D eigenvalue weighted by molar-refractivity contribution is 5.97. The van der Waals surface area contributed by atoms with Crippen LogP contribution in [-0.2, 0) is 0 Å². The molecule has 0 unspecified atom stereocenters. The second-order valence-electron chi connectivity index (χ2n) is 4.51. The predicted molar refractivity (Wildman–Crippen MR) is 73.1 cm³/mol. The Morgan fingerprint density at radius 2 is 2.21 bits per heavy atom.